The SMILES string of the molecule is CCS(=O)(=O)c1ccc(S(=O)(=O)N(CCN)CCc2ccccc2)cc1. The Kier molecular flexibility index (Phi) is 6.94. The van der Waals surface area contributed by atoms with Gasteiger partial charge in [0, 0.05) is 19.6 Å². The molecule has 0 amide bonds. The molecule has 0 spiro atoms. The minimum absolute atomic E-state index is 0.0323. The summed E-state index contributed by atoms with van der Waals surface area (Å²) in [6.07, 6.45) is 0.572. The van der Waals surface area contributed by atoms with E-state index >= 15 is 0 Å². The number of nitrogens with two attached hydrogens (primary N) is 1. The Labute approximate surface area is 155 Å². The Bertz CT molecular complexity index is 909. The van der Waals surface area contributed by atoms with Gasteiger partial charge < -0.3 is 5.73 Å². The minimum atomic E-state index is -3.74. The van der Waals surface area contributed by atoms with Crippen LogP contribution in [0.2, 0.25) is 0 Å². The van der Waals surface area contributed by atoms with E-state index in [0.717, 1.165) is 5.56 Å². The fourth-order valence-corrected chi connectivity index (χ4v) is 4.87. The molecule has 0 fully saturated rings. The van der Waals surface area contributed by atoms with Gasteiger partial charge in [-0.05, 0) is 36.2 Å². The lowest BCUT2D eigenvalue weighted by Gasteiger charge is -2.21. The van der Waals surface area contributed by atoms with Crippen LogP contribution in [0.3, 0.4) is 0 Å². The lowest BCUT2D eigenvalue weighted by Crippen LogP contribution is -2.36. The zero-order valence-corrected chi connectivity index (χ0v) is 16.3. The number of hydrogen-bond acceptors (Lipinski definition) is 5. The van der Waals surface area contributed by atoms with Crippen molar-refractivity contribution in [2.24, 2.45) is 5.73 Å². The van der Waals surface area contributed by atoms with E-state index in [4.69, 9.17) is 5.73 Å². The zero-order valence-electron chi connectivity index (χ0n) is 14.7. The molecule has 0 heterocycles. The highest BCUT2D eigenvalue weighted by Crippen LogP contribution is 2.19. The number of benzene rings is 2. The molecule has 0 unspecified atom stereocenters. The molecule has 6 nitrogen and oxygen atoms in total. The molecule has 2 aromatic rings. The van der Waals surface area contributed by atoms with E-state index in [2.05, 4.69) is 0 Å². The third-order valence-corrected chi connectivity index (χ3v) is 7.74. The number of rotatable bonds is 9. The molecule has 0 atom stereocenters. The van der Waals surface area contributed by atoms with Gasteiger partial charge in [-0.15, -0.1) is 0 Å². The average Bonchev–Trinajstić information content (AvgIpc) is 2.66. The van der Waals surface area contributed by atoms with Crippen LogP contribution in [0.5, 0.6) is 0 Å². The summed E-state index contributed by atoms with van der Waals surface area (Å²) in [5, 5.41) is 0. The maximum Gasteiger partial charge on any atom is 0.243 e. The maximum absolute atomic E-state index is 12.9. The fourth-order valence-electron chi connectivity index (χ4n) is 2.53. The molecule has 0 radical (unpaired) electrons. The lowest BCUT2D eigenvalue weighted by atomic mass is 10.1. The molecule has 2 N–H and O–H groups in total. The normalized spacial score (nSPS) is 12.4. The van der Waals surface area contributed by atoms with Crippen molar-refractivity contribution in [3.8, 4) is 0 Å². The van der Waals surface area contributed by atoms with Crippen LogP contribution in [-0.4, -0.2) is 46.5 Å². The lowest BCUT2D eigenvalue weighted by molar-refractivity contribution is 0.421. The first-order valence-electron chi connectivity index (χ1n) is 8.38. The first kappa shape index (κ1) is 20.6. The highest BCUT2D eigenvalue weighted by atomic mass is 32.2. The van der Waals surface area contributed by atoms with Crippen LogP contribution in [0, 0.1) is 0 Å². The van der Waals surface area contributed by atoms with Crippen molar-refractivity contribution < 1.29 is 16.8 Å². The van der Waals surface area contributed by atoms with Crippen molar-refractivity contribution in [2.45, 2.75) is 23.1 Å². The summed E-state index contributed by atoms with van der Waals surface area (Å²) in [4.78, 5) is 0.183. The number of sulfone groups is 1. The van der Waals surface area contributed by atoms with Gasteiger partial charge in [-0.2, -0.15) is 4.31 Å². The Balaban J connectivity index is 2.23. The summed E-state index contributed by atoms with van der Waals surface area (Å²) in [5.74, 6) is -0.0323. The van der Waals surface area contributed by atoms with Crippen molar-refractivity contribution in [3.63, 3.8) is 0 Å². The first-order chi connectivity index (χ1) is 12.3. The van der Waals surface area contributed by atoms with Gasteiger partial charge in [0.25, 0.3) is 0 Å². The smallest absolute Gasteiger partial charge is 0.243 e. The van der Waals surface area contributed by atoms with Crippen LogP contribution in [0.1, 0.15) is 12.5 Å². The monoisotopic (exact) mass is 396 g/mol. The Morgan fingerprint density at radius 1 is 0.846 bits per heavy atom. The van der Waals surface area contributed by atoms with Gasteiger partial charge in [-0.25, -0.2) is 16.8 Å². The average molecular weight is 397 g/mol. The van der Waals surface area contributed by atoms with Crippen LogP contribution in [0.4, 0.5) is 0 Å². The summed E-state index contributed by atoms with van der Waals surface area (Å²) in [7, 11) is -7.11. The molecule has 0 aliphatic carbocycles. The summed E-state index contributed by atoms with van der Waals surface area (Å²) in [6.45, 7) is 2.26. The third kappa shape index (κ3) is 4.91. The molecule has 0 aliphatic rings. The number of hydrogen-bond donors (Lipinski definition) is 1. The molecule has 2 aromatic carbocycles. The van der Waals surface area contributed by atoms with Crippen LogP contribution in [0.25, 0.3) is 0 Å². The highest BCUT2D eigenvalue weighted by Gasteiger charge is 2.24. The molecule has 142 valence electrons. The molecule has 0 saturated heterocycles. The van der Waals surface area contributed by atoms with E-state index in [9.17, 15) is 16.8 Å². The summed E-state index contributed by atoms with van der Waals surface area (Å²) >= 11 is 0. The first-order valence-corrected chi connectivity index (χ1v) is 11.5. The summed E-state index contributed by atoms with van der Waals surface area (Å²) < 4.78 is 50.9. The summed E-state index contributed by atoms with van der Waals surface area (Å²) in [6, 6.07) is 15.0. The summed E-state index contributed by atoms with van der Waals surface area (Å²) in [5.41, 5.74) is 6.62. The molecule has 0 aromatic heterocycles. The van der Waals surface area contributed by atoms with Crippen molar-refractivity contribution in [3.05, 3.63) is 60.2 Å². The van der Waals surface area contributed by atoms with Crippen molar-refractivity contribution in [2.75, 3.05) is 25.4 Å². The zero-order chi connectivity index (χ0) is 19.2. The highest BCUT2D eigenvalue weighted by molar-refractivity contribution is 7.91. The van der Waals surface area contributed by atoms with Gasteiger partial charge in [-0.3, -0.25) is 0 Å². The van der Waals surface area contributed by atoms with E-state index in [1.165, 1.54) is 28.6 Å². The maximum atomic E-state index is 12.9. The van der Waals surface area contributed by atoms with Crippen LogP contribution < -0.4 is 5.73 Å². The van der Waals surface area contributed by atoms with Gasteiger partial charge >= 0.3 is 0 Å². The van der Waals surface area contributed by atoms with Gasteiger partial charge in [-0.1, -0.05) is 37.3 Å². The van der Waals surface area contributed by atoms with Crippen molar-refractivity contribution in [1.29, 1.82) is 0 Å². The topological polar surface area (TPSA) is 97.5 Å². The Morgan fingerprint density at radius 3 is 1.96 bits per heavy atom. The van der Waals surface area contributed by atoms with Crippen LogP contribution in [0.15, 0.2) is 64.4 Å². The number of sulfonamides is 1. The molecule has 26 heavy (non-hydrogen) atoms. The minimum Gasteiger partial charge on any atom is -0.329 e. The predicted molar refractivity (Wildman–Crippen MR) is 102 cm³/mol. The molecule has 0 saturated carbocycles. The van der Waals surface area contributed by atoms with Crippen molar-refractivity contribution in [1.82, 2.24) is 4.31 Å². The molecular weight excluding hydrogens is 372 g/mol. The van der Waals surface area contributed by atoms with E-state index in [1.807, 2.05) is 30.3 Å². The molecule has 8 heteroatoms. The van der Waals surface area contributed by atoms with Crippen molar-refractivity contribution >= 4 is 19.9 Å². The molecular formula is C18H24N2O4S2. The largest absolute Gasteiger partial charge is 0.329 e. The fraction of sp³-hybridized carbons (Fsp3) is 0.333. The second kappa shape index (κ2) is 8.77. The van der Waals surface area contributed by atoms with Gasteiger partial charge in [0.1, 0.15) is 0 Å². The van der Waals surface area contributed by atoms with Gasteiger partial charge in [0.05, 0.1) is 15.5 Å². The van der Waals surface area contributed by atoms with Crippen LogP contribution in [-0.2, 0) is 26.3 Å². The number of nitrogens with zero attached hydrogens (tertiary/aromatic N) is 1. The van der Waals surface area contributed by atoms with E-state index < -0.39 is 19.9 Å². The van der Waals surface area contributed by atoms with E-state index in [1.54, 1.807) is 6.92 Å². The molecule has 2 rings (SSSR count). The Morgan fingerprint density at radius 2 is 1.42 bits per heavy atom. The van der Waals surface area contributed by atoms with Crippen LogP contribution >= 0.6 is 0 Å². The second-order valence-corrected chi connectivity index (χ2v) is 10.0. The Hall–Kier alpha value is -1.74. The van der Waals surface area contributed by atoms with E-state index in [-0.39, 0.29) is 28.6 Å². The standard InChI is InChI=1S/C18H24N2O4S2/c1-2-25(21,22)17-8-10-18(11-9-17)26(23,24)20(15-13-19)14-12-16-6-4-3-5-7-16/h3-11H,2,12-15,19H2,1H3. The predicted octanol–water partition coefficient (Wildman–Crippen LogP) is 1.67. The molecule has 0 bridgehead atoms. The van der Waals surface area contributed by atoms with Gasteiger partial charge in [0.15, 0.2) is 9.84 Å². The molecule has 0 aliphatic heterocycles. The van der Waals surface area contributed by atoms with E-state index in [0.29, 0.717) is 13.0 Å². The third-order valence-electron chi connectivity index (χ3n) is 4.07. The quantitative estimate of drug-likeness (QED) is 0.695. The second-order valence-electron chi connectivity index (χ2n) is 5.80. The van der Waals surface area contributed by atoms with Gasteiger partial charge in [0.2, 0.25) is 10.0 Å².